The highest BCUT2D eigenvalue weighted by molar-refractivity contribution is 5.92. The Morgan fingerprint density at radius 1 is 1.11 bits per heavy atom. The number of rotatable bonds is 5. The Kier molecular flexibility index (Phi) is 6.35. The Labute approximate surface area is 168 Å². The van der Waals surface area contributed by atoms with Crippen molar-refractivity contribution in [2.45, 2.75) is 40.2 Å². The fraction of sp³-hybridized carbons (Fsp3) is 0.478. The van der Waals surface area contributed by atoms with Gasteiger partial charge in [0.05, 0.1) is 5.69 Å². The van der Waals surface area contributed by atoms with Crippen LogP contribution in [0.5, 0.6) is 0 Å². The first-order chi connectivity index (χ1) is 13.3. The monoisotopic (exact) mass is 380 g/mol. The molecule has 1 amide bonds. The molecule has 0 unspecified atom stereocenters. The summed E-state index contributed by atoms with van der Waals surface area (Å²) < 4.78 is 1.85. The van der Waals surface area contributed by atoms with Crippen molar-refractivity contribution in [2.75, 3.05) is 26.2 Å². The molecule has 3 rings (SSSR count). The van der Waals surface area contributed by atoms with E-state index in [1.54, 1.807) is 6.08 Å². The average molecular weight is 381 g/mol. The molecule has 0 bridgehead atoms. The first-order valence-corrected chi connectivity index (χ1v) is 10.1. The summed E-state index contributed by atoms with van der Waals surface area (Å²) in [6.45, 7) is 12.8. The van der Waals surface area contributed by atoms with Gasteiger partial charge in [-0.2, -0.15) is 5.10 Å². The van der Waals surface area contributed by atoms with E-state index in [1.807, 2.05) is 36.6 Å². The van der Waals surface area contributed by atoms with Crippen molar-refractivity contribution in [3.8, 4) is 0 Å². The smallest absolute Gasteiger partial charge is 0.246 e. The van der Waals surface area contributed by atoms with Gasteiger partial charge < -0.3 is 4.90 Å². The largest absolute Gasteiger partial charge is 0.337 e. The summed E-state index contributed by atoms with van der Waals surface area (Å²) in [4.78, 5) is 16.9. The van der Waals surface area contributed by atoms with Crippen molar-refractivity contribution < 1.29 is 4.79 Å². The zero-order valence-electron chi connectivity index (χ0n) is 17.8. The van der Waals surface area contributed by atoms with Crippen molar-refractivity contribution in [2.24, 2.45) is 7.05 Å². The van der Waals surface area contributed by atoms with Crippen LogP contribution >= 0.6 is 0 Å². The molecule has 0 aliphatic carbocycles. The van der Waals surface area contributed by atoms with E-state index in [-0.39, 0.29) is 5.91 Å². The Bertz CT molecular complexity index is 840. The van der Waals surface area contributed by atoms with E-state index in [1.165, 1.54) is 11.1 Å². The van der Waals surface area contributed by atoms with Crippen LogP contribution < -0.4 is 0 Å². The number of benzene rings is 1. The number of carbonyl (C=O) groups is 1. The number of aryl methyl sites for hydroxylation is 2. The van der Waals surface area contributed by atoms with Gasteiger partial charge >= 0.3 is 0 Å². The predicted octanol–water partition coefficient (Wildman–Crippen LogP) is 3.52. The number of hydrogen-bond acceptors (Lipinski definition) is 3. The second-order valence-electron chi connectivity index (χ2n) is 8.04. The molecule has 150 valence electrons. The molecule has 1 fully saturated rings. The summed E-state index contributed by atoms with van der Waals surface area (Å²) in [5.74, 6) is 0.652. The fourth-order valence-electron chi connectivity index (χ4n) is 3.68. The second-order valence-corrected chi connectivity index (χ2v) is 8.04. The normalized spacial score (nSPS) is 15.7. The fourth-order valence-corrected chi connectivity index (χ4v) is 3.68. The van der Waals surface area contributed by atoms with Crippen LogP contribution in [0, 0.1) is 13.8 Å². The molecule has 1 aliphatic heterocycles. The summed E-state index contributed by atoms with van der Waals surface area (Å²) in [5, 5.41) is 4.40. The molecule has 2 aromatic rings. The van der Waals surface area contributed by atoms with Gasteiger partial charge in [-0.3, -0.25) is 14.4 Å². The highest BCUT2D eigenvalue weighted by atomic mass is 16.2. The van der Waals surface area contributed by atoms with E-state index < -0.39 is 0 Å². The van der Waals surface area contributed by atoms with E-state index in [0.717, 1.165) is 49.7 Å². The van der Waals surface area contributed by atoms with Gasteiger partial charge in [-0.15, -0.1) is 0 Å². The van der Waals surface area contributed by atoms with Crippen LogP contribution in [0.1, 0.15) is 47.8 Å². The lowest BCUT2D eigenvalue weighted by Gasteiger charge is -2.34. The lowest BCUT2D eigenvalue weighted by atomic mass is 10.0. The second kappa shape index (κ2) is 8.74. The van der Waals surface area contributed by atoms with Gasteiger partial charge in [0, 0.05) is 57.1 Å². The molecule has 1 saturated heterocycles. The Morgan fingerprint density at radius 2 is 1.75 bits per heavy atom. The van der Waals surface area contributed by atoms with Crippen LogP contribution in [-0.2, 0) is 18.4 Å². The topological polar surface area (TPSA) is 41.4 Å². The zero-order valence-corrected chi connectivity index (χ0v) is 17.8. The van der Waals surface area contributed by atoms with Gasteiger partial charge in [0.25, 0.3) is 0 Å². The summed E-state index contributed by atoms with van der Waals surface area (Å²) in [6, 6.07) is 8.92. The molecule has 28 heavy (non-hydrogen) atoms. The molecule has 1 aromatic heterocycles. The molecule has 0 atom stereocenters. The number of aromatic nitrogens is 2. The number of amides is 1. The standard InChI is InChI=1S/C23H32N4O/c1-17(2)21-8-6-20(7-9-21)16-26-12-14-27(15-13-26)23(28)11-10-22-18(3)24-25(5)19(22)4/h6-11,17H,12-16H2,1-5H3/b11-10+. The molecule has 0 spiro atoms. The van der Waals surface area contributed by atoms with Crippen LogP contribution in [0.15, 0.2) is 30.3 Å². The van der Waals surface area contributed by atoms with E-state index >= 15 is 0 Å². The molecule has 5 heteroatoms. The van der Waals surface area contributed by atoms with Crippen molar-refractivity contribution in [3.63, 3.8) is 0 Å². The first-order valence-electron chi connectivity index (χ1n) is 10.1. The summed E-state index contributed by atoms with van der Waals surface area (Å²) in [6.07, 6.45) is 3.60. The van der Waals surface area contributed by atoms with E-state index in [2.05, 4.69) is 48.1 Å². The summed E-state index contributed by atoms with van der Waals surface area (Å²) in [7, 11) is 1.93. The quantitative estimate of drug-likeness (QED) is 0.746. The third-order valence-corrected chi connectivity index (χ3v) is 5.69. The highest BCUT2D eigenvalue weighted by Crippen LogP contribution is 2.17. The van der Waals surface area contributed by atoms with E-state index in [9.17, 15) is 4.79 Å². The minimum Gasteiger partial charge on any atom is -0.337 e. The molecular weight excluding hydrogens is 348 g/mol. The SMILES string of the molecule is Cc1nn(C)c(C)c1/C=C/C(=O)N1CCN(Cc2ccc(C(C)C)cc2)CC1. The summed E-state index contributed by atoms with van der Waals surface area (Å²) >= 11 is 0. The van der Waals surface area contributed by atoms with Crippen molar-refractivity contribution in [1.82, 2.24) is 19.6 Å². The van der Waals surface area contributed by atoms with E-state index in [4.69, 9.17) is 0 Å². The molecule has 2 heterocycles. The third-order valence-electron chi connectivity index (χ3n) is 5.69. The van der Waals surface area contributed by atoms with Gasteiger partial charge in [-0.25, -0.2) is 0 Å². The number of piperazine rings is 1. The maximum absolute atomic E-state index is 12.6. The van der Waals surface area contributed by atoms with Crippen molar-refractivity contribution in [3.05, 3.63) is 58.4 Å². The van der Waals surface area contributed by atoms with Crippen LogP contribution in [0.2, 0.25) is 0 Å². The van der Waals surface area contributed by atoms with Crippen molar-refractivity contribution in [1.29, 1.82) is 0 Å². The molecule has 0 radical (unpaired) electrons. The average Bonchev–Trinajstić information content (AvgIpc) is 2.92. The lowest BCUT2D eigenvalue weighted by Crippen LogP contribution is -2.47. The minimum absolute atomic E-state index is 0.0867. The van der Waals surface area contributed by atoms with Gasteiger partial charge in [0.15, 0.2) is 0 Å². The molecule has 0 saturated carbocycles. The Morgan fingerprint density at radius 3 is 2.29 bits per heavy atom. The van der Waals surface area contributed by atoms with Crippen LogP contribution in [-0.4, -0.2) is 51.7 Å². The third kappa shape index (κ3) is 4.71. The van der Waals surface area contributed by atoms with Crippen LogP contribution in [0.4, 0.5) is 0 Å². The molecule has 5 nitrogen and oxygen atoms in total. The van der Waals surface area contributed by atoms with Crippen LogP contribution in [0.3, 0.4) is 0 Å². The number of nitrogens with zero attached hydrogens (tertiary/aromatic N) is 4. The van der Waals surface area contributed by atoms with Gasteiger partial charge in [0.1, 0.15) is 0 Å². The number of carbonyl (C=O) groups excluding carboxylic acids is 1. The van der Waals surface area contributed by atoms with Gasteiger partial charge in [0.2, 0.25) is 5.91 Å². The summed E-state index contributed by atoms with van der Waals surface area (Å²) in [5.41, 5.74) is 5.79. The molecule has 1 aliphatic rings. The minimum atomic E-state index is 0.0867. The lowest BCUT2D eigenvalue weighted by molar-refractivity contribution is -0.127. The first kappa shape index (κ1) is 20.3. The van der Waals surface area contributed by atoms with Crippen LogP contribution in [0.25, 0.3) is 6.08 Å². The molecular formula is C23H32N4O. The zero-order chi connectivity index (χ0) is 20.3. The van der Waals surface area contributed by atoms with Gasteiger partial charge in [-0.05, 0) is 37.0 Å². The Balaban J connectivity index is 1.51. The molecule has 0 N–H and O–H groups in total. The number of hydrogen-bond donors (Lipinski definition) is 0. The Hall–Kier alpha value is -2.40. The molecule has 1 aromatic carbocycles. The maximum atomic E-state index is 12.6. The maximum Gasteiger partial charge on any atom is 0.246 e. The highest BCUT2D eigenvalue weighted by Gasteiger charge is 2.20. The predicted molar refractivity (Wildman–Crippen MR) is 114 cm³/mol. The van der Waals surface area contributed by atoms with E-state index in [0.29, 0.717) is 5.92 Å². The van der Waals surface area contributed by atoms with Gasteiger partial charge in [-0.1, -0.05) is 38.1 Å². The van der Waals surface area contributed by atoms with Crippen molar-refractivity contribution >= 4 is 12.0 Å².